The van der Waals surface area contributed by atoms with Crippen molar-refractivity contribution in [3.63, 3.8) is 0 Å². The Kier molecular flexibility index (Phi) is 4.54. The van der Waals surface area contributed by atoms with Gasteiger partial charge in [-0.2, -0.15) is 0 Å². The third-order valence-electron chi connectivity index (χ3n) is 4.83. The molecule has 4 heteroatoms. The molecule has 0 unspecified atom stereocenters. The average molecular weight is 291 g/mol. The lowest BCUT2D eigenvalue weighted by molar-refractivity contribution is -0.919. The minimum Gasteiger partial charge on any atom is -0.342 e. The van der Waals surface area contributed by atoms with E-state index in [0.717, 1.165) is 45.6 Å². The van der Waals surface area contributed by atoms with Gasteiger partial charge >= 0.3 is 0 Å². The van der Waals surface area contributed by atoms with Crippen LogP contribution in [0.3, 0.4) is 0 Å². The Morgan fingerprint density at radius 1 is 1.14 bits per heavy atom. The molecule has 2 heterocycles. The molecule has 0 bridgehead atoms. The van der Waals surface area contributed by atoms with Crippen molar-refractivity contribution in [2.45, 2.75) is 32.2 Å². The van der Waals surface area contributed by atoms with Gasteiger partial charge in [-0.25, -0.2) is 4.39 Å². The molecule has 0 atom stereocenters. The fourth-order valence-electron chi connectivity index (χ4n) is 3.54. The van der Waals surface area contributed by atoms with Crippen LogP contribution < -0.4 is 4.90 Å². The lowest BCUT2D eigenvalue weighted by atomic mass is 9.95. The molecule has 2 fully saturated rings. The predicted molar refractivity (Wildman–Crippen MR) is 79.3 cm³/mol. The van der Waals surface area contributed by atoms with E-state index in [1.54, 1.807) is 0 Å². The van der Waals surface area contributed by atoms with E-state index in [-0.39, 0.29) is 11.7 Å². The highest BCUT2D eigenvalue weighted by Gasteiger charge is 2.31. The summed E-state index contributed by atoms with van der Waals surface area (Å²) in [6, 6.07) is 6.78. The summed E-state index contributed by atoms with van der Waals surface area (Å²) >= 11 is 0. The molecule has 0 aromatic heterocycles. The average Bonchev–Trinajstić information content (AvgIpc) is 3.04. The van der Waals surface area contributed by atoms with E-state index in [2.05, 4.69) is 4.90 Å². The maximum absolute atomic E-state index is 12.9. The second kappa shape index (κ2) is 6.56. The molecule has 1 N–H and O–H groups in total. The monoisotopic (exact) mass is 291 g/mol. The van der Waals surface area contributed by atoms with Crippen LogP contribution >= 0.6 is 0 Å². The number of carbonyl (C=O) groups is 1. The topological polar surface area (TPSA) is 24.8 Å². The smallest absolute Gasteiger partial charge is 0.226 e. The van der Waals surface area contributed by atoms with Gasteiger partial charge < -0.3 is 9.80 Å². The Hall–Kier alpha value is -1.42. The van der Waals surface area contributed by atoms with Gasteiger partial charge in [0.15, 0.2) is 0 Å². The number of amides is 1. The van der Waals surface area contributed by atoms with Crippen LogP contribution in [0.5, 0.6) is 0 Å². The van der Waals surface area contributed by atoms with E-state index in [1.807, 2.05) is 12.1 Å². The molecule has 2 aliphatic heterocycles. The van der Waals surface area contributed by atoms with Crippen molar-refractivity contribution in [2.75, 3.05) is 26.2 Å². The molecule has 0 radical (unpaired) electrons. The molecule has 114 valence electrons. The molecule has 1 amide bonds. The molecule has 21 heavy (non-hydrogen) atoms. The van der Waals surface area contributed by atoms with Crippen molar-refractivity contribution >= 4 is 5.91 Å². The van der Waals surface area contributed by atoms with Crippen molar-refractivity contribution in [2.24, 2.45) is 5.92 Å². The van der Waals surface area contributed by atoms with Gasteiger partial charge in [0.2, 0.25) is 5.91 Å². The molecule has 3 nitrogen and oxygen atoms in total. The van der Waals surface area contributed by atoms with Crippen LogP contribution in [-0.4, -0.2) is 37.0 Å². The van der Waals surface area contributed by atoms with Crippen LogP contribution in [0.2, 0.25) is 0 Å². The molecule has 3 rings (SSSR count). The van der Waals surface area contributed by atoms with Crippen LogP contribution in [0.25, 0.3) is 0 Å². The predicted octanol–water partition coefficient (Wildman–Crippen LogP) is 1.24. The van der Waals surface area contributed by atoms with E-state index < -0.39 is 0 Å². The van der Waals surface area contributed by atoms with E-state index in [4.69, 9.17) is 0 Å². The van der Waals surface area contributed by atoms with Crippen LogP contribution in [0.4, 0.5) is 4.39 Å². The summed E-state index contributed by atoms with van der Waals surface area (Å²) in [5.74, 6) is 0.442. The van der Waals surface area contributed by atoms with Crippen LogP contribution in [0.15, 0.2) is 24.3 Å². The Balaban J connectivity index is 1.48. The standard InChI is InChI=1S/C17H23FN2O/c18-16-5-3-14(4-6-16)13-19-11-7-15(8-12-19)17(21)20-9-1-2-10-20/h3-6,15H,1-2,7-13H2/p+1. The van der Waals surface area contributed by atoms with E-state index >= 15 is 0 Å². The number of quaternary nitrogens is 1. The van der Waals surface area contributed by atoms with E-state index in [9.17, 15) is 9.18 Å². The van der Waals surface area contributed by atoms with Gasteiger partial charge in [0.05, 0.1) is 13.1 Å². The number of nitrogens with zero attached hydrogens (tertiary/aromatic N) is 1. The molecule has 2 aliphatic rings. The van der Waals surface area contributed by atoms with Gasteiger partial charge in [0.25, 0.3) is 0 Å². The number of rotatable bonds is 3. The van der Waals surface area contributed by atoms with Crippen molar-refractivity contribution in [1.29, 1.82) is 0 Å². The first-order valence-corrected chi connectivity index (χ1v) is 8.09. The third-order valence-corrected chi connectivity index (χ3v) is 4.83. The number of carbonyl (C=O) groups excluding carboxylic acids is 1. The van der Waals surface area contributed by atoms with Crippen molar-refractivity contribution < 1.29 is 14.1 Å². The largest absolute Gasteiger partial charge is 0.342 e. The summed E-state index contributed by atoms with van der Waals surface area (Å²) in [7, 11) is 0. The Morgan fingerprint density at radius 2 is 1.76 bits per heavy atom. The van der Waals surface area contributed by atoms with Crippen molar-refractivity contribution in [3.8, 4) is 0 Å². The molecule has 2 saturated heterocycles. The van der Waals surface area contributed by atoms with Gasteiger partial charge in [0, 0.05) is 37.4 Å². The highest BCUT2D eigenvalue weighted by molar-refractivity contribution is 5.79. The van der Waals surface area contributed by atoms with Gasteiger partial charge in [-0.15, -0.1) is 0 Å². The minimum absolute atomic E-state index is 0.177. The fraction of sp³-hybridized carbons (Fsp3) is 0.588. The number of piperidine rings is 1. The summed E-state index contributed by atoms with van der Waals surface area (Å²) < 4.78 is 12.9. The first-order valence-electron chi connectivity index (χ1n) is 8.09. The van der Waals surface area contributed by atoms with E-state index in [0.29, 0.717) is 5.91 Å². The normalized spacial score (nSPS) is 26.0. The minimum atomic E-state index is -0.177. The first-order chi connectivity index (χ1) is 10.2. The fourth-order valence-corrected chi connectivity index (χ4v) is 3.54. The maximum atomic E-state index is 12.9. The lowest BCUT2D eigenvalue weighted by Gasteiger charge is -2.30. The van der Waals surface area contributed by atoms with Gasteiger partial charge in [-0.05, 0) is 25.0 Å². The lowest BCUT2D eigenvalue weighted by Crippen LogP contribution is -3.11. The van der Waals surface area contributed by atoms with Crippen LogP contribution in [0.1, 0.15) is 31.2 Å². The molecular weight excluding hydrogens is 267 g/mol. The van der Waals surface area contributed by atoms with Crippen LogP contribution in [-0.2, 0) is 11.3 Å². The number of hydrogen-bond acceptors (Lipinski definition) is 1. The quantitative estimate of drug-likeness (QED) is 0.890. The maximum Gasteiger partial charge on any atom is 0.226 e. The first kappa shape index (κ1) is 14.5. The number of benzene rings is 1. The zero-order chi connectivity index (χ0) is 14.7. The molecule has 0 spiro atoms. The summed E-state index contributed by atoms with van der Waals surface area (Å²) in [4.78, 5) is 15.9. The molecule has 0 aliphatic carbocycles. The zero-order valence-electron chi connectivity index (χ0n) is 12.5. The molecule has 1 aromatic rings. The Morgan fingerprint density at radius 3 is 2.38 bits per heavy atom. The second-order valence-electron chi connectivity index (χ2n) is 6.36. The van der Waals surface area contributed by atoms with Crippen molar-refractivity contribution in [1.82, 2.24) is 4.90 Å². The third kappa shape index (κ3) is 3.62. The van der Waals surface area contributed by atoms with Gasteiger partial charge in [0.1, 0.15) is 12.4 Å². The molecule has 1 aromatic carbocycles. The molecule has 0 saturated carbocycles. The number of nitrogens with one attached hydrogen (secondary N) is 1. The number of likely N-dealkylation sites (tertiary alicyclic amines) is 2. The highest BCUT2D eigenvalue weighted by Crippen LogP contribution is 2.17. The Labute approximate surface area is 125 Å². The van der Waals surface area contributed by atoms with Gasteiger partial charge in [-0.1, -0.05) is 12.1 Å². The second-order valence-corrected chi connectivity index (χ2v) is 6.36. The van der Waals surface area contributed by atoms with Crippen molar-refractivity contribution in [3.05, 3.63) is 35.6 Å². The highest BCUT2D eigenvalue weighted by atomic mass is 19.1. The number of halogens is 1. The van der Waals surface area contributed by atoms with E-state index in [1.165, 1.54) is 35.4 Å². The molecular formula is C17H24FN2O+. The zero-order valence-corrected chi connectivity index (χ0v) is 12.5. The summed E-state index contributed by atoms with van der Waals surface area (Å²) in [5, 5.41) is 0. The Bertz CT molecular complexity index is 474. The van der Waals surface area contributed by atoms with Gasteiger partial charge in [-0.3, -0.25) is 4.79 Å². The summed E-state index contributed by atoms with van der Waals surface area (Å²) in [6.45, 7) is 4.94. The van der Waals surface area contributed by atoms with Crippen LogP contribution in [0, 0.1) is 11.7 Å². The SMILES string of the molecule is O=C(C1CC[NH+](Cc2ccc(F)cc2)CC1)N1CCCC1. The summed E-state index contributed by atoms with van der Waals surface area (Å²) in [5.41, 5.74) is 1.18. The number of hydrogen-bond donors (Lipinski definition) is 1. The summed E-state index contributed by atoms with van der Waals surface area (Å²) in [6.07, 6.45) is 4.32.